The molecule has 0 radical (unpaired) electrons. The van der Waals surface area contributed by atoms with Crippen molar-refractivity contribution in [3.8, 4) is 6.07 Å². The molecule has 1 aromatic rings. The third-order valence-electron chi connectivity index (χ3n) is 5.85. The first kappa shape index (κ1) is 22.6. The lowest BCUT2D eigenvalue weighted by Crippen LogP contribution is -2.41. The van der Waals surface area contributed by atoms with Gasteiger partial charge in [-0.15, -0.1) is 0 Å². The van der Waals surface area contributed by atoms with Crippen LogP contribution in [-0.4, -0.2) is 22.7 Å². The van der Waals surface area contributed by atoms with E-state index in [1.165, 1.54) is 5.56 Å². The molecule has 2 aliphatic heterocycles. The molecule has 5 heteroatoms. The Hall–Kier alpha value is -2.06. The maximum atomic E-state index is 9.95. The average molecular weight is 469 g/mol. The van der Waals surface area contributed by atoms with Crippen LogP contribution in [0.2, 0.25) is 0 Å². The molecule has 2 aliphatic rings. The number of nitriles is 1. The number of rotatable bonds is 8. The van der Waals surface area contributed by atoms with Crippen molar-refractivity contribution >= 4 is 27.2 Å². The molecule has 0 saturated heterocycles. The van der Waals surface area contributed by atoms with Crippen LogP contribution in [0.3, 0.4) is 0 Å². The standard InChI is InChI=1S/C25H33BrN4/c1-6-8-19(9-7-2)29-24-12-17(5)28-25-22(14-20(15-27)30(24)25)21-11-10-18(16(3)4)13-23(21)26/h10-13,16,19-20,29H,6-9,14H2,1-5H3. The van der Waals surface area contributed by atoms with Gasteiger partial charge >= 0.3 is 0 Å². The molecule has 3 rings (SSSR count). The lowest BCUT2D eigenvalue weighted by molar-refractivity contribution is 0.336. The van der Waals surface area contributed by atoms with Crippen LogP contribution in [0.25, 0.3) is 5.57 Å². The summed E-state index contributed by atoms with van der Waals surface area (Å²) in [6.45, 7) is 10.9. The van der Waals surface area contributed by atoms with Crippen LogP contribution >= 0.6 is 15.9 Å². The van der Waals surface area contributed by atoms with E-state index >= 15 is 0 Å². The smallest absolute Gasteiger partial charge is 0.139 e. The molecular weight excluding hydrogens is 436 g/mol. The first-order chi connectivity index (χ1) is 14.4. The fourth-order valence-electron chi connectivity index (χ4n) is 4.31. The summed E-state index contributed by atoms with van der Waals surface area (Å²) in [6.07, 6.45) is 7.30. The maximum absolute atomic E-state index is 9.95. The van der Waals surface area contributed by atoms with Crippen molar-refractivity contribution in [3.05, 3.63) is 51.5 Å². The molecule has 1 unspecified atom stereocenters. The molecule has 30 heavy (non-hydrogen) atoms. The van der Waals surface area contributed by atoms with E-state index in [2.05, 4.69) is 84.2 Å². The molecule has 0 saturated carbocycles. The van der Waals surface area contributed by atoms with Crippen molar-refractivity contribution in [1.29, 1.82) is 5.26 Å². The minimum Gasteiger partial charge on any atom is -0.369 e. The molecule has 0 aliphatic carbocycles. The average Bonchev–Trinajstić information content (AvgIpc) is 3.06. The zero-order valence-electron chi connectivity index (χ0n) is 18.8. The predicted octanol–water partition coefficient (Wildman–Crippen LogP) is 6.71. The monoisotopic (exact) mass is 468 g/mol. The fourth-order valence-corrected chi connectivity index (χ4v) is 4.95. The van der Waals surface area contributed by atoms with Crippen molar-refractivity contribution in [2.75, 3.05) is 0 Å². The molecule has 0 fully saturated rings. The summed E-state index contributed by atoms with van der Waals surface area (Å²) >= 11 is 3.78. The largest absolute Gasteiger partial charge is 0.369 e. The van der Waals surface area contributed by atoms with E-state index in [-0.39, 0.29) is 6.04 Å². The Kier molecular flexibility index (Phi) is 7.41. The zero-order chi connectivity index (χ0) is 21.8. The van der Waals surface area contributed by atoms with Gasteiger partial charge in [0, 0.05) is 34.3 Å². The highest BCUT2D eigenvalue weighted by molar-refractivity contribution is 9.10. The van der Waals surface area contributed by atoms with Gasteiger partial charge in [-0.1, -0.05) is 68.6 Å². The highest BCUT2D eigenvalue weighted by Gasteiger charge is 2.37. The number of benzene rings is 1. The van der Waals surface area contributed by atoms with Gasteiger partial charge in [-0.25, -0.2) is 4.99 Å². The van der Waals surface area contributed by atoms with Crippen molar-refractivity contribution < 1.29 is 0 Å². The number of nitrogens with zero attached hydrogens (tertiary/aromatic N) is 3. The Morgan fingerprint density at radius 1 is 1.27 bits per heavy atom. The number of hydrogen-bond acceptors (Lipinski definition) is 4. The number of halogens is 1. The van der Waals surface area contributed by atoms with E-state index in [1.807, 2.05) is 6.92 Å². The Morgan fingerprint density at radius 3 is 2.53 bits per heavy atom. The summed E-state index contributed by atoms with van der Waals surface area (Å²) in [7, 11) is 0. The van der Waals surface area contributed by atoms with Crippen molar-refractivity contribution in [1.82, 2.24) is 10.2 Å². The summed E-state index contributed by atoms with van der Waals surface area (Å²) < 4.78 is 1.07. The van der Waals surface area contributed by atoms with Crippen molar-refractivity contribution in [2.45, 2.75) is 84.7 Å². The van der Waals surface area contributed by atoms with Gasteiger partial charge in [-0.3, -0.25) is 4.90 Å². The van der Waals surface area contributed by atoms with Crippen LogP contribution in [0.1, 0.15) is 83.8 Å². The first-order valence-electron chi connectivity index (χ1n) is 11.1. The van der Waals surface area contributed by atoms with E-state index in [4.69, 9.17) is 4.99 Å². The number of nitrogens with one attached hydrogen (secondary N) is 1. The number of hydrogen-bond donors (Lipinski definition) is 1. The summed E-state index contributed by atoms with van der Waals surface area (Å²) in [5.74, 6) is 2.40. The lowest BCUT2D eigenvalue weighted by Gasteiger charge is -2.33. The third-order valence-corrected chi connectivity index (χ3v) is 6.51. The van der Waals surface area contributed by atoms with Crippen LogP contribution in [0.15, 0.2) is 45.4 Å². The SMILES string of the molecule is CCCC(CCC)NC1=CC(C)=NC2=C(c3ccc(C(C)C)cc3Br)CC(C#N)N12. The second-order valence-electron chi connectivity index (χ2n) is 8.62. The quantitative estimate of drug-likeness (QED) is 0.460. The summed E-state index contributed by atoms with van der Waals surface area (Å²) in [5, 5.41) is 13.7. The normalized spacial score (nSPS) is 18.5. The van der Waals surface area contributed by atoms with Crippen LogP contribution in [0, 0.1) is 11.3 Å². The maximum Gasteiger partial charge on any atom is 0.139 e. The molecule has 4 nitrogen and oxygen atoms in total. The molecule has 0 spiro atoms. The highest BCUT2D eigenvalue weighted by Crippen LogP contribution is 2.42. The molecule has 2 heterocycles. The van der Waals surface area contributed by atoms with E-state index in [1.54, 1.807) is 0 Å². The molecule has 160 valence electrons. The minimum absolute atomic E-state index is 0.244. The Morgan fingerprint density at radius 2 is 1.97 bits per heavy atom. The second kappa shape index (κ2) is 9.83. The van der Waals surface area contributed by atoms with Gasteiger partial charge in [0.15, 0.2) is 0 Å². The third kappa shape index (κ3) is 4.64. The van der Waals surface area contributed by atoms with Gasteiger partial charge in [-0.2, -0.15) is 5.26 Å². The van der Waals surface area contributed by atoms with Gasteiger partial charge < -0.3 is 5.32 Å². The molecule has 0 amide bonds. The van der Waals surface area contributed by atoms with Crippen LogP contribution < -0.4 is 5.32 Å². The van der Waals surface area contributed by atoms with Crippen molar-refractivity contribution in [2.24, 2.45) is 4.99 Å². The second-order valence-corrected chi connectivity index (χ2v) is 9.47. The van der Waals surface area contributed by atoms with Gasteiger partial charge in [0.25, 0.3) is 0 Å². The topological polar surface area (TPSA) is 51.4 Å². The molecule has 0 aromatic heterocycles. The van der Waals surface area contributed by atoms with Crippen LogP contribution in [0.4, 0.5) is 0 Å². The summed E-state index contributed by atoms with van der Waals surface area (Å²) in [6, 6.07) is 9.25. The van der Waals surface area contributed by atoms with E-state index in [9.17, 15) is 5.26 Å². The molecule has 1 atom stereocenters. The molecule has 1 N–H and O–H groups in total. The molecule has 1 aromatic carbocycles. The molecular formula is C25H33BrN4. The number of fused-ring (bicyclic) bond motifs is 1. The lowest BCUT2D eigenvalue weighted by atomic mass is 9.97. The Labute approximate surface area is 189 Å². The van der Waals surface area contributed by atoms with Gasteiger partial charge in [-0.05, 0) is 42.9 Å². The van der Waals surface area contributed by atoms with E-state index < -0.39 is 0 Å². The Bertz CT molecular complexity index is 914. The van der Waals surface area contributed by atoms with Crippen molar-refractivity contribution in [3.63, 3.8) is 0 Å². The predicted molar refractivity (Wildman–Crippen MR) is 129 cm³/mol. The van der Waals surface area contributed by atoms with Crippen LogP contribution in [-0.2, 0) is 0 Å². The number of aliphatic imine (C=N–C) groups is 1. The summed E-state index contributed by atoms with van der Waals surface area (Å²) in [5.41, 5.74) is 4.55. The van der Waals surface area contributed by atoms with E-state index in [0.717, 1.165) is 58.6 Å². The zero-order valence-corrected chi connectivity index (χ0v) is 20.4. The van der Waals surface area contributed by atoms with Crippen LogP contribution in [0.5, 0.6) is 0 Å². The van der Waals surface area contributed by atoms with Gasteiger partial charge in [0.05, 0.1) is 6.07 Å². The highest BCUT2D eigenvalue weighted by atomic mass is 79.9. The van der Waals surface area contributed by atoms with Gasteiger partial charge in [0.1, 0.15) is 17.7 Å². The van der Waals surface area contributed by atoms with E-state index in [0.29, 0.717) is 18.4 Å². The van der Waals surface area contributed by atoms with Gasteiger partial charge in [0.2, 0.25) is 0 Å². The fraction of sp³-hybridized carbons (Fsp3) is 0.520. The minimum atomic E-state index is -0.244. The first-order valence-corrected chi connectivity index (χ1v) is 11.9. The number of allylic oxidation sites excluding steroid dienone is 1. The Balaban J connectivity index is 2.01. The molecule has 0 bridgehead atoms. The summed E-state index contributed by atoms with van der Waals surface area (Å²) in [4.78, 5) is 7.00.